The molecule has 0 spiro atoms. The van der Waals surface area contributed by atoms with Crippen LogP contribution in [0.2, 0.25) is 10.0 Å². The van der Waals surface area contributed by atoms with Gasteiger partial charge in [0.2, 0.25) is 0 Å². The molecular weight excluding hydrogens is 433 g/mol. The van der Waals surface area contributed by atoms with Gasteiger partial charge < -0.3 is 10.1 Å². The number of carbonyl (C=O) groups excluding carboxylic acids is 1. The molecule has 0 atom stereocenters. The third-order valence-corrected chi connectivity index (χ3v) is 6.03. The second-order valence-electron chi connectivity index (χ2n) is 6.10. The summed E-state index contributed by atoms with van der Waals surface area (Å²) >= 11 is 13.3. The topological polar surface area (TPSA) is 84.1 Å². The van der Waals surface area contributed by atoms with Gasteiger partial charge in [0.1, 0.15) is 10.7 Å². The van der Waals surface area contributed by atoms with Crippen LogP contribution in [0.4, 0.5) is 0 Å². The summed E-state index contributed by atoms with van der Waals surface area (Å²) in [5, 5.41) is 13.0. The molecule has 0 radical (unpaired) electrons. The van der Waals surface area contributed by atoms with Crippen molar-refractivity contribution in [3.63, 3.8) is 0 Å². The molecule has 1 N–H and O–H groups in total. The van der Waals surface area contributed by atoms with Gasteiger partial charge in [0.15, 0.2) is 5.57 Å². The summed E-state index contributed by atoms with van der Waals surface area (Å²) in [6, 6.07) is 7.06. The summed E-state index contributed by atoms with van der Waals surface area (Å²) < 4.78 is 7.09. The number of nitrogens with one attached hydrogen (secondary N) is 1. The van der Waals surface area contributed by atoms with Crippen LogP contribution in [0, 0.1) is 11.3 Å². The summed E-state index contributed by atoms with van der Waals surface area (Å²) in [5.41, 5.74) is 0.150. The minimum Gasteiger partial charge on any atom is -0.383 e. The number of ether oxygens (including phenoxy) is 1. The van der Waals surface area contributed by atoms with Crippen LogP contribution >= 0.6 is 34.5 Å². The van der Waals surface area contributed by atoms with Crippen molar-refractivity contribution in [1.82, 2.24) is 9.88 Å². The number of amides is 1. The first-order valence-electron chi connectivity index (χ1n) is 9.01. The Morgan fingerprint density at radius 3 is 2.83 bits per heavy atom. The molecular formula is C20H21Cl2N3O3S. The maximum Gasteiger partial charge on any atom is 0.269 e. The Morgan fingerprint density at radius 1 is 1.41 bits per heavy atom. The van der Waals surface area contributed by atoms with Crippen molar-refractivity contribution < 1.29 is 9.53 Å². The molecule has 1 aromatic heterocycles. The molecule has 9 heteroatoms. The van der Waals surface area contributed by atoms with E-state index in [0.29, 0.717) is 26.7 Å². The van der Waals surface area contributed by atoms with E-state index in [0.717, 1.165) is 24.2 Å². The van der Waals surface area contributed by atoms with Crippen LogP contribution < -0.4 is 20.1 Å². The third kappa shape index (κ3) is 5.71. The number of carbonyl (C=O) groups is 1. The maximum absolute atomic E-state index is 13.0. The van der Waals surface area contributed by atoms with E-state index in [4.69, 9.17) is 27.9 Å². The van der Waals surface area contributed by atoms with Crippen LogP contribution in [-0.2, 0) is 16.1 Å². The molecule has 0 bridgehead atoms. The van der Waals surface area contributed by atoms with Crippen LogP contribution in [0.1, 0.15) is 25.3 Å². The molecule has 0 saturated heterocycles. The Morgan fingerprint density at radius 2 is 2.17 bits per heavy atom. The van der Waals surface area contributed by atoms with Gasteiger partial charge in [-0.25, -0.2) is 0 Å². The fraction of sp³-hybridized carbons (Fsp3) is 0.350. The predicted molar refractivity (Wildman–Crippen MR) is 117 cm³/mol. The number of thiazole rings is 1. The van der Waals surface area contributed by atoms with Gasteiger partial charge >= 0.3 is 0 Å². The molecule has 29 heavy (non-hydrogen) atoms. The zero-order chi connectivity index (χ0) is 21.4. The van der Waals surface area contributed by atoms with Crippen molar-refractivity contribution in [1.29, 1.82) is 5.26 Å². The maximum atomic E-state index is 13.0. The van der Waals surface area contributed by atoms with Crippen LogP contribution in [0.15, 0.2) is 23.0 Å². The molecule has 0 saturated carbocycles. The zero-order valence-electron chi connectivity index (χ0n) is 16.1. The Bertz CT molecular complexity index is 1100. The lowest BCUT2D eigenvalue weighted by molar-refractivity contribution is -0.115. The van der Waals surface area contributed by atoms with Gasteiger partial charge in [-0.3, -0.25) is 14.2 Å². The minimum absolute atomic E-state index is 0.101. The number of halogens is 2. The normalized spacial score (nSPS) is 12.6. The van der Waals surface area contributed by atoms with E-state index >= 15 is 0 Å². The van der Waals surface area contributed by atoms with E-state index in [1.165, 1.54) is 11.7 Å². The SMILES string of the molecule is CCCCNC(=O)/C(C#N)=c1\s/c(=C\c2cccc(Cl)c2Cl)c(=O)n1CCOC. The average Bonchev–Trinajstić information content (AvgIpc) is 3.00. The molecule has 1 aromatic carbocycles. The molecule has 0 aliphatic heterocycles. The molecule has 2 aromatic rings. The summed E-state index contributed by atoms with van der Waals surface area (Å²) in [6.07, 6.45) is 3.33. The number of hydrogen-bond acceptors (Lipinski definition) is 5. The van der Waals surface area contributed by atoms with E-state index in [1.54, 1.807) is 24.3 Å². The summed E-state index contributed by atoms with van der Waals surface area (Å²) in [4.78, 5) is 25.4. The number of nitriles is 1. The second-order valence-corrected chi connectivity index (χ2v) is 7.92. The average molecular weight is 454 g/mol. The number of rotatable bonds is 8. The number of methoxy groups -OCH3 is 1. The molecule has 1 amide bonds. The Kier molecular flexibility index (Phi) is 8.93. The monoisotopic (exact) mass is 453 g/mol. The van der Waals surface area contributed by atoms with Gasteiger partial charge in [0.05, 0.1) is 27.7 Å². The molecule has 154 valence electrons. The van der Waals surface area contributed by atoms with E-state index in [9.17, 15) is 14.9 Å². The lowest BCUT2D eigenvalue weighted by Crippen LogP contribution is -2.36. The number of hydrogen-bond donors (Lipinski definition) is 1. The summed E-state index contributed by atoms with van der Waals surface area (Å²) in [6.45, 7) is 2.94. The van der Waals surface area contributed by atoms with E-state index in [2.05, 4.69) is 5.32 Å². The second kappa shape index (κ2) is 11.2. The van der Waals surface area contributed by atoms with Crippen molar-refractivity contribution in [3.05, 3.63) is 53.4 Å². The lowest BCUT2D eigenvalue weighted by atomic mass is 10.2. The van der Waals surface area contributed by atoms with Crippen molar-refractivity contribution >= 4 is 52.1 Å². The van der Waals surface area contributed by atoms with Crippen LogP contribution in [0.5, 0.6) is 0 Å². The van der Waals surface area contributed by atoms with Gasteiger partial charge in [-0.2, -0.15) is 5.26 Å². The number of unbranched alkanes of at least 4 members (excludes halogenated alkanes) is 1. The molecule has 0 aliphatic carbocycles. The van der Waals surface area contributed by atoms with E-state index < -0.39 is 5.91 Å². The van der Waals surface area contributed by atoms with Crippen molar-refractivity contribution in [2.75, 3.05) is 20.3 Å². The van der Waals surface area contributed by atoms with Crippen molar-refractivity contribution in [2.45, 2.75) is 26.3 Å². The number of benzene rings is 1. The Balaban J connectivity index is 2.69. The molecule has 0 aliphatic rings. The van der Waals surface area contributed by atoms with E-state index in [-0.39, 0.29) is 28.9 Å². The highest BCUT2D eigenvalue weighted by molar-refractivity contribution is 7.07. The first-order valence-corrected chi connectivity index (χ1v) is 10.6. The largest absolute Gasteiger partial charge is 0.383 e. The smallest absolute Gasteiger partial charge is 0.269 e. The zero-order valence-corrected chi connectivity index (χ0v) is 18.5. The lowest BCUT2D eigenvalue weighted by Gasteiger charge is -2.04. The first kappa shape index (κ1) is 23.2. The van der Waals surface area contributed by atoms with Crippen molar-refractivity contribution in [3.8, 4) is 6.07 Å². The standard InChI is InChI=1S/C20H21Cl2N3O3S/c1-3-4-8-24-18(26)14(12-23)20-25(9-10-28-2)19(27)16(29-20)11-13-6-5-7-15(21)17(13)22/h5-7,11H,3-4,8-10H2,1-2H3,(H,24,26)/b16-11-,20-14-. The summed E-state index contributed by atoms with van der Waals surface area (Å²) in [7, 11) is 1.52. The van der Waals surface area contributed by atoms with E-state index in [1.807, 2.05) is 13.0 Å². The van der Waals surface area contributed by atoms with Crippen LogP contribution in [-0.4, -0.2) is 30.7 Å². The van der Waals surface area contributed by atoms with Gasteiger partial charge in [0, 0.05) is 13.7 Å². The number of nitrogens with zero attached hydrogens (tertiary/aromatic N) is 2. The molecule has 0 fully saturated rings. The van der Waals surface area contributed by atoms with Crippen molar-refractivity contribution in [2.24, 2.45) is 0 Å². The first-order chi connectivity index (χ1) is 13.9. The Hall–Kier alpha value is -2.11. The molecule has 2 rings (SSSR count). The minimum atomic E-state index is -0.499. The highest BCUT2D eigenvalue weighted by atomic mass is 35.5. The van der Waals surface area contributed by atoms with Gasteiger partial charge in [-0.15, -0.1) is 11.3 Å². The van der Waals surface area contributed by atoms with Gasteiger partial charge in [0.25, 0.3) is 11.5 Å². The fourth-order valence-electron chi connectivity index (χ4n) is 2.53. The Labute approximate surface area is 182 Å². The van der Waals surface area contributed by atoms with Crippen LogP contribution in [0.25, 0.3) is 11.6 Å². The van der Waals surface area contributed by atoms with Gasteiger partial charge in [-0.1, -0.05) is 48.7 Å². The highest BCUT2D eigenvalue weighted by Gasteiger charge is 2.16. The molecule has 1 heterocycles. The van der Waals surface area contributed by atoms with Gasteiger partial charge in [-0.05, 0) is 24.1 Å². The predicted octanol–water partition coefficient (Wildman–Crippen LogP) is 2.28. The third-order valence-electron chi connectivity index (χ3n) is 4.06. The fourth-order valence-corrected chi connectivity index (χ4v) is 4.01. The molecule has 0 unspecified atom stereocenters. The van der Waals surface area contributed by atoms with Crippen LogP contribution in [0.3, 0.4) is 0 Å². The summed E-state index contributed by atoms with van der Waals surface area (Å²) in [5.74, 6) is -0.499. The number of aromatic nitrogens is 1. The quantitative estimate of drug-likeness (QED) is 0.621. The molecule has 6 nitrogen and oxygen atoms in total. The highest BCUT2D eigenvalue weighted by Crippen LogP contribution is 2.25.